The second-order valence-corrected chi connectivity index (χ2v) is 6.01. The van der Waals surface area contributed by atoms with E-state index in [9.17, 15) is 22.8 Å². The second-order valence-electron chi connectivity index (χ2n) is 6.01. The number of nitrogens with one attached hydrogen (secondary N) is 2. The quantitative estimate of drug-likeness (QED) is 0.741. The highest BCUT2D eigenvalue weighted by Gasteiger charge is 2.32. The number of alkyl halides is 3. The minimum atomic E-state index is -4.63. The molecule has 134 valence electrons. The fraction of sp³-hybridized carbons (Fsp3) is 0.500. The number of carbonyl (C=O) groups is 2. The van der Waals surface area contributed by atoms with Gasteiger partial charge in [-0.25, -0.2) is 0 Å². The Kier molecular flexibility index (Phi) is 6.77. The van der Waals surface area contributed by atoms with Gasteiger partial charge in [0.2, 0.25) is 5.91 Å². The number of rotatable bonds is 6. The Balaban J connectivity index is 3.11. The maximum Gasteiger partial charge on any atom is 0.416 e. The van der Waals surface area contributed by atoms with E-state index < -0.39 is 23.6 Å². The molecule has 1 atom stereocenters. The molecule has 8 heteroatoms. The van der Waals surface area contributed by atoms with Crippen LogP contribution in [0.15, 0.2) is 18.2 Å². The first-order chi connectivity index (χ1) is 11.0. The van der Waals surface area contributed by atoms with Crippen LogP contribution in [0.2, 0.25) is 0 Å². The van der Waals surface area contributed by atoms with Crippen molar-refractivity contribution >= 4 is 17.5 Å². The van der Waals surface area contributed by atoms with Gasteiger partial charge in [-0.05, 0) is 30.5 Å². The highest BCUT2D eigenvalue weighted by atomic mass is 19.4. The van der Waals surface area contributed by atoms with Crippen molar-refractivity contribution in [3.8, 4) is 0 Å². The van der Waals surface area contributed by atoms with Crippen molar-refractivity contribution in [1.29, 1.82) is 0 Å². The predicted octanol–water partition coefficient (Wildman–Crippen LogP) is 2.77. The number of carbonyl (C=O) groups excluding carboxylic acids is 2. The summed E-state index contributed by atoms with van der Waals surface area (Å²) in [5.41, 5.74) is 4.31. The monoisotopic (exact) mass is 345 g/mol. The molecule has 0 fully saturated rings. The molecule has 0 bridgehead atoms. The van der Waals surface area contributed by atoms with Crippen LogP contribution in [-0.2, 0) is 11.0 Å². The SMILES string of the molecule is CC(=O)Nc1cc(C(=O)NC(CN)CC(C)C)cc(C(F)(F)F)c1. The Morgan fingerprint density at radius 3 is 2.29 bits per heavy atom. The first kappa shape index (κ1) is 20.0. The number of hydrogen-bond acceptors (Lipinski definition) is 3. The lowest BCUT2D eigenvalue weighted by Gasteiger charge is -2.19. The third-order valence-corrected chi connectivity index (χ3v) is 3.22. The molecular weight excluding hydrogens is 323 g/mol. The Morgan fingerprint density at radius 2 is 1.83 bits per heavy atom. The lowest BCUT2D eigenvalue weighted by molar-refractivity contribution is -0.137. The number of hydrogen-bond donors (Lipinski definition) is 3. The van der Waals surface area contributed by atoms with Gasteiger partial charge in [0, 0.05) is 30.8 Å². The average Bonchev–Trinajstić information content (AvgIpc) is 2.43. The Bertz CT molecular complexity index is 601. The molecular formula is C16H22F3N3O2. The number of benzene rings is 1. The van der Waals surface area contributed by atoms with Crippen LogP contribution in [0.25, 0.3) is 0 Å². The number of anilines is 1. The molecule has 1 unspecified atom stereocenters. The summed E-state index contributed by atoms with van der Waals surface area (Å²) in [6.07, 6.45) is -4.02. The van der Waals surface area contributed by atoms with Crippen molar-refractivity contribution in [2.24, 2.45) is 11.7 Å². The number of halogens is 3. The van der Waals surface area contributed by atoms with Gasteiger partial charge in [-0.1, -0.05) is 13.8 Å². The van der Waals surface area contributed by atoms with Crippen LogP contribution >= 0.6 is 0 Å². The largest absolute Gasteiger partial charge is 0.416 e. The van der Waals surface area contributed by atoms with Crippen molar-refractivity contribution < 1.29 is 22.8 Å². The molecule has 1 aromatic carbocycles. The first-order valence-corrected chi connectivity index (χ1v) is 7.53. The van der Waals surface area contributed by atoms with Gasteiger partial charge in [0.25, 0.3) is 5.91 Å². The van der Waals surface area contributed by atoms with E-state index in [1.54, 1.807) is 0 Å². The van der Waals surface area contributed by atoms with Gasteiger partial charge in [0.1, 0.15) is 0 Å². The lowest BCUT2D eigenvalue weighted by Crippen LogP contribution is -2.41. The highest BCUT2D eigenvalue weighted by Crippen LogP contribution is 2.32. The predicted molar refractivity (Wildman–Crippen MR) is 85.5 cm³/mol. The van der Waals surface area contributed by atoms with E-state index in [0.717, 1.165) is 12.1 Å². The summed E-state index contributed by atoms with van der Waals surface area (Å²) in [4.78, 5) is 23.4. The minimum absolute atomic E-state index is 0.0874. The summed E-state index contributed by atoms with van der Waals surface area (Å²) in [5.74, 6) is -0.917. The Hall–Kier alpha value is -2.09. The van der Waals surface area contributed by atoms with Gasteiger partial charge in [0.15, 0.2) is 0 Å². The maximum atomic E-state index is 13.0. The summed E-state index contributed by atoms with van der Waals surface area (Å²) in [6.45, 7) is 5.26. The zero-order valence-electron chi connectivity index (χ0n) is 13.8. The highest BCUT2D eigenvalue weighted by molar-refractivity contribution is 5.97. The summed E-state index contributed by atoms with van der Waals surface area (Å²) in [6, 6.07) is 2.40. The van der Waals surface area contributed by atoms with E-state index in [1.807, 2.05) is 13.8 Å². The molecule has 0 aliphatic heterocycles. The molecule has 0 radical (unpaired) electrons. The molecule has 4 N–H and O–H groups in total. The molecule has 2 amide bonds. The smallest absolute Gasteiger partial charge is 0.348 e. The number of amides is 2. The van der Waals surface area contributed by atoms with Gasteiger partial charge >= 0.3 is 6.18 Å². The summed E-state index contributed by atoms with van der Waals surface area (Å²) < 4.78 is 39.0. The summed E-state index contributed by atoms with van der Waals surface area (Å²) in [5, 5.41) is 4.90. The van der Waals surface area contributed by atoms with Crippen LogP contribution in [0.5, 0.6) is 0 Å². The summed E-state index contributed by atoms with van der Waals surface area (Å²) >= 11 is 0. The van der Waals surface area contributed by atoms with E-state index >= 15 is 0 Å². The van der Waals surface area contributed by atoms with Gasteiger partial charge in [0.05, 0.1) is 5.56 Å². The molecule has 0 spiro atoms. The molecule has 5 nitrogen and oxygen atoms in total. The fourth-order valence-corrected chi connectivity index (χ4v) is 2.25. The van der Waals surface area contributed by atoms with Crippen LogP contribution in [0.3, 0.4) is 0 Å². The zero-order valence-corrected chi connectivity index (χ0v) is 13.8. The van der Waals surface area contributed by atoms with E-state index in [1.165, 1.54) is 13.0 Å². The van der Waals surface area contributed by atoms with E-state index in [2.05, 4.69) is 10.6 Å². The molecule has 0 saturated carbocycles. The molecule has 0 saturated heterocycles. The summed E-state index contributed by atoms with van der Waals surface area (Å²) in [7, 11) is 0. The van der Waals surface area contributed by atoms with Gasteiger partial charge < -0.3 is 16.4 Å². The zero-order chi connectivity index (χ0) is 18.5. The van der Waals surface area contributed by atoms with Crippen molar-refractivity contribution in [2.45, 2.75) is 39.4 Å². The van der Waals surface area contributed by atoms with E-state index in [4.69, 9.17) is 5.73 Å². The molecule has 0 aliphatic carbocycles. The van der Waals surface area contributed by atoms with Crippen LogP contribution in [-0.4, -0.2) is 24.4 Å². The third-order valence-electron chi connectivity index (χ3n) is 3.22. The first-order valence-electron chi connectivity index (χ1n) is 7.53. The standard InChI is InChI=1S/C16H22F3N3O2/c1-9(2)4-14(8-20)22-15(24)11-5-12(16(17,18)19)7-13(6-11)21-10(3)23/h5-7,9,14H,4,8,20H2,1-3H3,(H,21,23)(H,22,24). The average molecular weight is 345 g/mol. The normalized spacial score (nSPS) is 12.8. The molecule has 24 heavy (non-hydrogen) atoms. The maximum absolute atomic E-state index is 13.0. The van der Waals surface area contributed by atoms with Crippen molar-refractivity contribution in [1.82, 2.24) is 5.32 Å². The van der Waals surface area contributed by atoms with Crippen LogP contribution in [0.1, 0.15) is 43.1 Å². The van der Waals surface area contributed by atoms with Gasteiger partial charge in [-0.3, -0.25) is 9.59 Å². The fourth-order valence-electron chi connectivity index (χ4n) is 2.25. The van der Waals surface area contributed by atoms with Crippen LogP contribution in [0.4, 0.5) is 18.9 Å². The molecule has 0 aliphatic rings. The Labute approximate surface area is 138 Å². The van der Waals surface area contributed by atoms with Crippen LogP contribution in [0, 0.1) is 5.92 Å². The van der Waals surface area contributed by atoms with Gasteiger partial charge in [-0.2, -0.15) is 13.2 Å². The molecule has 1 aromatic rings. The van der Waals surface area contributed by atoms with Gasteiger partial charge in [-0.15, -0.1) is 0 Å². The topological polar surface area (TPSA) is 84.2 Å². The Morgan fingerprint density at radius 1 is 1.21 bits per heavy atom. The molecule has 1 rings (SSSR count). The molecule has 0 aromatic heterocycles. The van der Waals surface area contributed by atoms with E-state index in [0.29, 0.717) is 6.42 Å². The minimum Gasteiger partial charge on any atom is -0.348 e. The third kappa shape index (κ3) is 6.19. The van der Waals surface area contributed by atoms with Crippen molar-refractivity contribution in [2.75, 3.05) is 11.9 Å². The molecule has 0 heterocycles. The van der Waals surface area contributed by atoms with Crippen molar-refractivity contribution in [3.05, 3.63) is 29.3 Å². The number of nitrogens with two attached hydrogens (primary N) is 1. The second kappa shape index (κ2) is 8.14. The van der Waals surface area contributed by atoms with E-state index in [-0.39, 0.29) is 29.8 Å². The van der Waals surface area contributed by atoms with Crippen molar-refractivity contribution in [3.63, 3.8) is 0 Å². The van der Waals surface area contributed by atoms with Crippen LogP contribution < -0.4 is 16.4 Å². The lowest BCUT2D eigenvalue weighted by atomic mass is 10.0.